The fraction of sp³-hybridized carbons (Fsp3) is 0.941. The molecule has 2 aliphatic carbocycles. The zero-order valence-electron chi connectivity index (χ0n) is 12.8. The Kier molecular flexibility index (Phi) is 4.65. The summed E-state index contributed by atoms with van der Waals surface area (Å²) in [7, 11) is 0. The summed E-state index contributed by atoms with van der Waals surface area (Å²) in [5, 5.41) is 3.54. The molecular formula is C17H29NO2. The van der Waals surface area contributed by atoms with Gasteiger partial charge in [-0.3, -0.25) is 4.79 Å². The molecule has 0 bridgehead atoms. The predicted octanol–water partition coefficient (Wildman–Crippen LogP) is 3.42. The molecule has 2 saturated carbocycles. The van der Waals surface area contributed by atoms with Crippen LogP contribution in [-0.4, -0.2) is 24.2 Å². The first kappa shape index (κ1) is 14.4. The van der Waals surface area contributed by atoms with Crippen LogP contribution in [0.25, 0.3) is 0 Å². The van der Waals surface area contributed by atoms with Crippen LogP contribution in [0.4, 0.5) is 0 Å². The standard InChI is InChI=1S/C17H29NO2/c1-2-12-7-4-6-10-16(12)20-17(19)15-11-13-8-3-5-9-14(13)18-15/h12-16,18H,2-11H2,1H3. The summed E-state index contributed by atoms with van der Waals surface area (Å²) >= 11 is 0. The Morgan fingerprint density at radius 3 is 2.65 bits per heavy atom. The highest BCUT2D eigenvalue weighted by molar-refractivity contribution is 5.76. The van der Waals surface area contributed by atoms with Crippen LogP contribution >= 0.6 is 0 Å². The van der Waals surface area contributed by atoms with Gasteiger partial charge in [0, 0.05) is 6.04 Å². The number of hydrogen-bond donors (Lipinski definition) is 1. The van der Waals surface area contributed by atoms with Crippen molar-refractivity contribution in [3.8, 4) is 0 Å². The smallest absolute Gasteiger partial charge is 0.323 e. The molecule has 0 radical (unpaired) electrons. The molecule has 5 atom stereocenters. The fourth-order valence-electron chi connectivity index (χ4n) is 4.53. The molecule has 1 aliphatic heterocycles. The predicted molar refractivity (Wildman–Crippen MR) is 79.4 cm³/mol. The van der Waals surface area contributed by atoms with E-state index in [2.05, 4.69) is 12.2 Å². The number of ether oxygens (including phenoxy) is 1. The van der Waals surface area contributed by atoms with Crippen LogP contribution in [-0.2, 0) is 9.53 Å². The molecule has 3 aliphatic rings. The molecule has 20 heavy (non-hydrogen) atoms. The lowest BCUT2D eigenvalue weighted by Gasteiger charge is -2.31. The lowest BCUT2D eigenvalue weighted by atomic mass is 9.84. The van der Waals surface area contributed by atoms with E-state index >= 15 is 0 Å². The van der Waals surface area contributed by atoms with Crippen molar-refractivity contribution in [1.29, 1.82) is 0 Å². The van der Waals surface area contributed by atoms with E-state index in [0.29, 0.717) is 12.0 Å². The van der Waals surface area contributed by atoms with E-state index in [1.807, 2.05) is 0 Å². The van der Waals surface area contributed by atoms with Crippen LogP contribution < -0.4 is 5.32 Å². The van der Waals surface area contributed by atoms with Gasteiger partial charge in [0.1, 0.15) is 12.1 Å². The van der Waals surface area contributed by atoms with Crippen molar-refractivity contribution in [2.24, 2.45) is 11.8 Å². The summed E-state index contributed by atoms with van der Waals surface area (Å²) in [5.41, 5.74) is 0. The van der Waals surface area contributed by atoms with Crippen molar-refractivity contribution >= 4 is 5.97 Å². The van der Waals surface area contributed by atoms with Gasteiger partial charge in [0.15, 0.2) is 0 Å². The molecule has 0 amide bonds. The Bertz CT molecular complexity index is 330. The molecule has 1 heterocycles. The third-order valence-electron chi connectivity index (χ3n) is 5.78. The SMILES string of the molecule is CCC1CCCCC1OC(=O)C1CC2CCCCC2N1. The molecule has 0 aromatic rings. The molecular weight excluding hydrogens is 250 g/mol. The van der Waals surface area contributed by atoms with Gasteiger partial charge in [-0.05, 0) is 56.8 Å². The molecule has 114 valence electrons. The van der Waals surface area contributed by atoms with E-state index in [4.69, 9.17) is 4.74 Å². The molecule has 1 N–H and O–H groups in total. The van der Waals surface area contributed by atoms with Crippen molar-refractivity contribution in [1.82, 2.24) is 5.32 Å². The first-order valence-corrected chi connectivity index (χ1v) is 8.74. The lowest BCUT2D eigenvalue weighted by Crippen LogP contribution is -2.41. The zero-order valence-corrected chi connectivity index (χ0v) is 12.8. The largest absolute Gasteiger partial charge is 0.461 e. The first-order chi connectivity index (χ1) is 9.78. The highest BCUT2D eigenvalue weighted by atomic mass is 16.5. The van der Waals surface area contributed by atoms with Gasteiger partial charge < -0.3 is 10.1 Å². The summed E-state index contributed by atoms with van der Waals surface area (Å²) in [4.78, 5) is 12.4. The van der Waals surface area contributed by atoms with E-state index in [-0.39, 0.29) is 18.1 Å². The third-order valence-corrected chi connectivity index (χ3v) is 5.78. The van der Waals surface area contributed by atoms with Crippen molar-refractivity contribution in [3.05, 3.63) is 0 Å². The average Bonchev–Trinajstić information content (AvgIpc) is 2.92. The number of nitrogens with one attached hydrogen (secondary N) is 1. The summed E-state index contributed by atoms with van der Waals surface area (Å²) in [6, 6.07) is 0.553. The van der Waals surface area contributed by atoms with Crippen LogP contribution in [0.15, 0.2) is 0 Å². The average molecular weight is 279 g/mol. The molecule has 3 heteroatoms. The molecule has 1 saturated heterocycles. The molecule has 0 spiro atoms. The van der Waals surface area contributed by atoms with Gasteiger partial charge >= 0.3 is 5.97 Å². The van der Waals surface area contributed by atoms with E-state index in [1.54, 1.807) is 0 Å². The zero-order chi connectivity index (χ0) is 13.9. The number of fused-ring (bicyclic) bond motifs is 1. The van der Waals surface area contributed by atoms with Gasteiger partial charge in [-0.2, -0.15) is 0 Å². The van der Waals surface area contributed by atoms with Crippen molar-refractivity contribution in [3.63, 3.8) is 0 Å². The highest BCUT2D eigenvalue weighted by Crippen LogP contribution is 2.35. The highest BCUT2D eigenvalue weighted by Gasteiger charge is 2.40. The number of carbonyl (C=O) groups excluding carboxylic acids is 1. The van der Waals surface area contributed by atoms with Crippen LogP contribution in [0.3, 0.4) is 0 Å². The Labute approximate surface area is 122 Å². The summed E-state index contributed by atoms with van der Waals surface area (Å²) < 4.78 is 5.88. The first-order valence-electron chi connectivity index (χ1n) is 8.74. The second kappa shape index (κ2) is 6.46. The second-order valence-electron chi connectivity index (χ2n) is 7.03. The van der Waals surface area contributed by atoms with Crippen molar-refractivity contribution < 1.29 is 9.53 Å². The van der Waals surface area contributed by atoms with Gasteiger partial charge in [-0.1, -0.05) is 26.2 Å². The Hall–Kier alpha value is -0.570. The minimum Gasteiger partial charge on any atom is -0.461 e. The summed E-state index contributed by atoms with van der Waals surface area (Å²) in [6.07, 6.45) is 12.4. The van der Waals surface area contributed by atoms with E-state index in [1.165, 1.54) is 44.9 Å². The summed E-state index contributed by atoms with van der Waals surface area (Å²) in [6.45, 7) is 2.22. The number of rotatable bonds is 3. The lowest BCUT2D eigenvalue weighted by molar-refractivity contribution is -0.156. The monoisotopic (exact) mass is 279 g/mol. The van der Waals surface area contributed by atoms with E-state index < -0.39 is 0 Å². The quantitative estimate of drug-likeness (QED) is 0.804. The number of hydrogen-bond acceptors (Lipinski definition) is 3. The van der Waals surface area contributed by atoms with Gasteiger partial charge in [0.2, 0.25) is 0 Å². The minimum atomic E-state index is -0.0254. The second-order valence-corrected chi connectivity index (χ2v) is 7.03. The molecule has 0 aromatic carbocycles. The Balaban J connectivity index is 1.54. The summed E-state index contributed by atoms with van der Waals surface area (Å²) in [5.74, 6) is 1.34. The van der Waals surface area contributed by atoms with Crippen LogP contribution in [0.2, 0.25) is 0 Å². The Morgan fingerprint density at radius 1 is 1.10 bits per heavy atom. The van der Waals surface area contributed by atoms with Gasteiger partial charge in [-0.15, -0.1) is 0 Å². The molecule has 5 unspecified atom stereocenters. The van der Waals surface area contributed by atoms with Crippen molar-refractivity contribution in [2.45, 2.75) is 89.3 Å². The third kappa shape index (κ3) is 3.03. The maximum atomic E-state index is 12.4. The van der Waals surface area contributed by atoms with Crippen LogP contribution in [0.1, 0.15) is 71.1 Å². The molecule has 3 fully saturated rings. The molecule has 0 aromatic heterocycles. The van der Waals surface area contributed by atoms with Crippen LogP contribution in [0, 0.1) is 11.8 Å². The molecule has 3 nitrogen and oxygen atoms in total. The maximum absolute atomic E-state index is 12.4. The van der Waals surface area contributed by atoms with Gasteiger partial charge in [-0.25, -0.2) is 0 Å². The van der Waals surface area contributed by atoms with Gasteiger partial charge in [0.25, 0.3) is 0 Å². The normalized spacial score (nSPS) is 41.1. The maximum Gasteiger partial charge on any atom is 0.323 e. The fourth-order valence-corrected chi connectivity index (χ4v) is 4.53. The van der Waals surface area contributed by atoms with E-state index in [9.17, 15) is 4.79 Å². The minimum absolute atomic E-state index is 0.0254. The topological polar surface area (TPSA) is 38.3 Å². The van der Waals surface area contributed by atoms with Gasteiger partial charge in [0.05, 0.1) is 0 Å². The van der Waals surface area contributed by atoms with Crippen LogP contribution in [0.5, 0.6) is 0 Å². The molecule has 3 rings (SSSR count). The Morgan fingerprint density at radius 2 is 1.85 bits per heavy atom. The van der Waals surface area contributed by atoms with Crippen molar-refractivity contribution in [2.75, 3.05) is 0 Å². The van der Waals surface area contributed by atoms with E-state index in [0.717, 1.165) is 25.2 Å². The number of esters is 1. The number of carbonyl (C=O) groups is 1.